The Kier molecular flexibility index (Phi) is 25.0. The van der Waals surface area contributed by atoms with Gasteiger partial charge in [-0.05, 0) is 141 Å². The van der Waals surface area contributed by atoms with E-state index in [1.807, 2.05) is 53.7 Å². The summed E-state index contributed by atoms with van der Waals surface area (Å²) in [5.74, 6) is 4.32. The Morgan fingerprint density at radius 3 is 1.47 bits per heavy atom. The molecule has 101 heavy (non-hydrogen) atoms. The number of anilines is 2. The zero-order valence-electron chi connectivity index (χ0n) is 57.4. The van der Waals surface area contributed by atoms with Crippen LogP contribution in [-0.4, -0.2) is 112 Å². The molecule has 0 aliphatic carbocycles. The molecule has 3 saturated heterocycles. The molecule has 12 aromatic rings. The van der Waals surface area contributed by atoms with Gasteiger partial charge in [0.15, 0.2) is 0 Å². The third kappa shape index (κ3) is 16.4. The highest BCUT2D eigenvalue weighted by Crippen LogP contribution is 2.45. The monoisotopic (exact) mass is 1610 g/mol. The second kappa shape index (κ2) is 33.6. The van der Waals surface area contributed by atoms with Gasteiger partial charge in [0.25, 0.3) is 0 Å². The van der Waals surface area contributed by atoms with Crippen molar-refractivity contribution in [2.45, 2.75) is 99.7 Å². The fourth-order valence-corrected chi connectivity index (χ4v) is 38.2. The van der Waals surface area contributed by atoms with Crippen molar-refractivity contribution in [3.63, 3.8) is 0 Å². The number of rotatable bonds is 8. The van der Waals surface area contributed by atoms with E-state index in [1.54, 1.807) is 94.1 Å². The van der Waals surface area contributed by atoms with Crippen molar-refractivity contribution in [1.82, 2.24) is 45.5 Å². The number of aromatic amines is 2. The highest BCUT2D eigenvalue weighted by Gasteiger charge is 2.52. The highest BCUT2D eigenvalue weighted by atomic mass is 35.5. The summed E-state index contributed by atoms with van der Waals surface area (Å²) >= 11 is 15.7. The molecule has 6 aromatic heterocycles. The van der Waals surface area contributed by atoms with Crippen molar-refractivity contribution in [2.75, 3.05) is 63.3 Å². The first-order chi connectivity index (χ1) is 48.8. The van der Waals surface area contributed by atoms with E-state index in [4.69, 9.17) is 71.8 Å². The summed E-state index contributed by atoms with van der Waals surface area (Å²) in [5.41, 5.74) is 13.9. The standard InChI is InChI=1S/C31H30N6O2.C21H28BNO2.C17H15ClN4O2.S13/c1-17-28(18(2)39-36-17)24-15-25-23(16-27(24)38-4)29-30(33-19(3)34-31(29)35-25)22-9-10-26(37-13-11-32-12-14-37)21-8-6-5-7-20(21)22;1-20(2)21(3,4)25-22(24-20)18-12-13-19(23-14-8-5-9-15-23)17-11-7-6-10-16(17)18;1-7-14(8(2)24-22-7)11-5-12-10(6-13(11)23-4)15-16(18)19-9(3)20-17(15)21-12;1-3-5-7-9-11-13-12-10-8-6-4-2/h5-10,15-16,32H,11-14H2,1-4H3,(H,33,34,35);6-7,10-13H,5,8-9,14-15H2,1-4H3;5-6H,1-4H3,(H,19,20,21);. The maximum Gasteiger partial charge on any atom is 0.495 e. The number of hydrogen-bond donors (Lipinski definition) is 3. The van der Waals surface area contributed by atoms with Crippen molar-refractivity contribution >= 4 is 221 Å². The van der Waals surface area contributed by atoms with Crippen molar-refractivity contribution in [3.05, 3.63) is 137 Å². The number of piperazine rings is 1. The normalized spacial score (nSPS) is 14.7. The number of aromatic nitrogens is 8. The van der Waals surface area contributed by atoms with Crippen LogP contribution >= 0.6 is 11.6 Å². The van der Waals surface area contributed by atoms with E-state index < -0.39 is 0 Å². The lowest BCUT2D eigenvalue weighted by atomic mass is 9.75. The Labute approximate surface area is 632 Å². The smallest absolute Gasteiger partial charge is 0.495 e. The number of ether oxygens (including phenoxy) is 2. The van der Waals surface area contributed by atoms with E-state index in [2.05, 4.69) is 158 Å². The molecule has 0 radical (unpaired) electrons. The number of fused-ring (bicyclic) bond motifs is 8. The minimum atomic E-state index is -0.315. The summed E-state index contributed by atoms with van der Waals surface area (Å²) in [6.07, 6.45) is 3.92. The van der Waals surface area contributed by atoms with Crippen LogP contribution in [0.5, 0.6) is 11.5 Å². The van der Waals surface area contributed by atoms with Crippen molar-refractivity contribution < 1.29 is 27.8 Å². The minimum Gasteiger partial charge on any atom is -0.496 e. The van der Waals surface area contributed by atoms with Crippen LogP contribution in [0.25, 0.3) is 98.9 Å². The molecular weight excluding hydrogens is 1540 g/mol. The van der Waals surface area contributed by atoms with Gasteiger partial charge in [-0.1, -0.05) is 82.6 Å². The van der Waals surface area contributed by atoms with Crippen LogP contribution in [0, 0.1) is 41.5 Å². The second-order valence-corrected chi connectivity index (χ2v) is 44.8. The Bertz CT molecular complexity index is 5610. The molecule has 6 aromatic carbocycles. The molecule has 32 heteroatoms. The number of benzene rings is 6. The molecule has 3 N–H and O–H groups in total. The lowest BCUT2D eigenvalue weighted by molar-refractivity contribution is 0.00578. The molecule has 0 saturated carbocycles. The molecule has 0 bridgehead atoms. The van der Waals surface area contributed by atoms with Gasteiger partial charge in [-0.15, -0.1) is 0 Å². The van der Waals surface area contributed by atoms with E-state index in [-0.39, 0.29) is 18.3 Å². The Morgan fingerprint density at radius 2 is 0.960 bits per heavy atom. The lowest BCUT2D eigenvalue weighted by Crippen LogP contribution is -2.43. The van der Waals surface area contributed by atoms with Crippen molar-refractivity contribution in [2.24, 2.45) is 0 Å². The van der Waals surface area contributed by atoms with Crippen LogP contribution < -0.4 is 30.1 Å². The van der Waals surface area contributed by atoms with E-state index in [9.17, 15) is 0 Å². The zero-order chi connectivity index (χ0) is 71.1. The van der Waals surface area contributed by atoms with Gasteiger partial charge in [0.2, 0.25) is 0 Å². The molecule has 0 spiro atoms. The van der Waals surface area contributed by atoms with Gasteiger partial charge in [-0.3, -0.25) is 0 Å². The van der Waals surface area contributed by atoms with Crippen LogP contribution in [0.15, 0.2) is 106 Å². The molecule has 9 heterocycles. The first kappa shape index (κ1) is 75.0. The first-order valence-corrected chi connectivity index (χ1v) is 48.7. The first-order valence-electron chi connectivity index (χ1n) is 32.3. The fraction of sp³-hybridized carbons (Fsp3) is 0.333. The molecule has 0 unspecified atom stereocenters. The highest BCUT2D eigenvalue weighted by molar-refractivity contribution is 8.75. The second-order valence-electron chi connectivity index (χ2n) is 25.0. The summed E-state index contributed by atoms with van der Waals surface area (Å²) in [6.45, 7) is 26.1. The molecule has 0 amide bonds. The van der Waals surface area contributed by atoms with E-state index in [0.29, 0.717) is 16.6 Å². The average Bonchev–Trinajstić information content (AvgIpc) is 1.66. The number of halogens is 1. The SMILES string of the molecule is CC1(C)OB(c2ccc(N3CCCCC3)c3ccccc23)OC1(C)C.COc1cc2c(cc1-c1c(C)noc1C)[nH]c1nc(C)nc(-c3ccc(N4CCNCC4)c4ccccc34)c12.COc1cc2c(cc1-c1c(C)noc1C)[nH]c1nc(C)nc(Cl)c12.S=S=S=S=S=S=S=S=S=S=S=S=S. The minimum absolute atomic E-state index is 0.315. The quantitative estimate of drug-likeness (QED) is 0.0961. The fourth-order valence-electron chi connectivity index (χ4n) is 13.1. The molecular formula is C69H73BClN11O6S13. The summed E-state index contributed by atoms with van der Waals surface area (Å²) in [6, 6.07) is 34.4. The van der Waals surface area contributed by atoms with E-state index >= 15 is 0 Å². The predicted octanol–water partition coefficient (Wildman–Crippen LogP) is 14.4. The number of aryl methyl sites for hydroxylation is 6. The third-order valence-corrected chi connectivity index (χ3v) is 40.9. The van der Waals surface area contributed by atoms with Gasteiger partial charge in [0.1, 0.15) is 51.1 Å². The molecule has 3 aliphatic heterocycles. The van der Waals surface area contributed by atoms with Gasteiger partial charge < -0.3 is 52.9 Å². The Balaban J connectivity index is 0.000000136. The largest absolute Gasteiger partial charge is 0.496 e. The number of H-pyrrole nitrogens is 2. The van der Waals surface area contributed by atoms with Gasteiger partial charge in [0.05, 0.1) is 64.4 Å². The topological polar surface area (TPSA) is 191 Å². The van der Waals surface area contributed by atoms with Crippen LogP contribution in [-0.2, 0) is 129 Å². The van der Waals surface area contributed by atoms with E-state index in [0.717, 1.165) is 157 Å². The lowest BCUT2D eigenvalue weighted by Gasteiger charge is -2.32. The van der Waals surface area contributed by atoms with E-state index in [1.165, 1.54) is 69.9 Å². The van der Waals surface area contributed by atoms with Gasteiger partial charge in [-0.25, -0.2) is 19.9 Å². The molecule has 528 valence electrons. The number of methoxy groups -OCH3 is 2. The summed E-state index contributed by atoms with van der Waals surface area (Å²) in [4.78, 5) is 30.4. The molecule has 3 aliphatic rings. The Hall–Kier alpha value is -5.69. The van der Waals surface area contributed by atoms with Crippen LogP contribution in [0.3, 0.4) is 0 Å². The number of nitrogens with one attached hydrogen (secondary N) is 3. The zero-order valence-corrected chi connectivity index (χ0v) is 68.8. The van der Waals surface area contributed by atoms with Crippen LogP contribution in [0.1, 0.15) is 81.5 Å². The molecule has 17 nitrogen and oxygen atoms in total. The van der Waals surface area contributed by atoms with Gasteiger partial charge in [-0.2, -0.15) is 0 Å². The summed E-state index contributed by atoms with van der Waals surface area (Å²) < 4.78 is 34.9. The average molecular weight is 1620 g/mol. The molecule has 3 fully saturated rings. The van der Waals surface area contributed by atoms with Crippen molar-refractivity contribution in [1.29, 1.82) is 0 Å². The summed E-state index contributed by atoms with van der Waals surface area (Å²) in [7, 11) is 21.1. The summed E-state index contributed by atoms with van der Waals surface area (Å²) in [5, 5.41) is 20.7. The third-order valence-electron chi connectivity index (χ3n) is 18.4. The Morgan fingerprint density at radius 1 is 0.505 bits per heavy atom. The predicted molar refractivity (Wildman–Crippen MR) is 450 cm³/mol. The number of piperidine rings is 1. The number of nitrogens with zero attached hydrogens (tertiary/aromatic N) is 8. The molecule has 0 atom stereocenters. The van der Waals surface area contributed by atoms with Gasteiger partial charge >= 0.3 is 7.12 Å². The van der Waals surface area contributed by atoms with Crippen LogP contribution in [0.4, 0.5) is 11.4 Å². The van der Waals surface area contributed by atoms with Gasteiger partial charge in [0, 0.05) is 220 Å². The number of hydrogen-bond acceptors (Lipinski definition) is 17. The maximum absolute atomic E-state index is 6.33. The van der Waals surface area contributed by atoms with Crippen molar-refractivity contribution in [3.8, 4) is 45.0 Å². The van der Waals surface area contributed by atoms with Crippen LogP contribution in [0.2, 0.25) is 5.15 Å². The maximum atomic E-state index is 6.33. The molecule has 15 rings (SSSR count).